The van der Waals surface area contributed by atoms with E-state index in [0.29, 0.717) is 11.4 Å². The van der Waals surface area contributed by atoms with Gasteiger partial charge in [0.05, 0.1) is 17.5 Å². The molecule has 1 N–H and O–H groups in total. The number of halogens is 1. The Bertz CT molecular complexity index is 838. The Labute approximate surface area is 150 Å². The summed E-state index contributed by atoms with van der Waals surface area (Å²) in [6.07, 6.45) is 0.740. The molecule has 2 aliphatic heterocycles. The SMILES string of the molecule is O=C(NCc1ccccc1Cl)C1=NN(C2CCS(=O)(=O)C2)C(=O)CC1. The number of nitrogens with one attached hydrogen (secondary N) is 1. The highest BCUT2D eigenvalue weighted by Crippen LogP contribution is 2.22. The Hall–Kier alpha value is -1.93. The summed E-state index contributed by atoms with van der Waals surface area (Å²) >= 11 is 6.06. The first-order valence-electron chi connectivity index (χ1n) is 7.97. The number of sulfone groups is 1. The summed E-state index contributed by atoms with van der Waals surface area (Å²) in [6, 6.07) is 6.70. The summed E-state index contributed by atoms with van der Waals surface area (Å²) in [7, 11) is -3.14. The van der Waals surface area contributed by atoms with Crippen molar-refractivity contribution >= 4 is 39.0 Å². The minimum Gasteiger partial charge on any atom is -0.347 e. The van der Waals surface area contributed by atoms with E-state index >= 15 is 0 Å². The van der Waals surface area contributed by atoms with Gasteiger partial charge in [0.15, 0.2) is 9.84 Å². The number of benzene rings is 1. The summed E-state index contributed by atoms with van der Waals surface area (Å²) in [5.41, 5.74) is 1.01. The number of hydrogen-bond acceptors (Lipinski definition) is 5. The van der Waals surface area contributed by atoms with Crippen LogP contribution < -0.4 is 5.32 Å². The molecule has 134 valence electrons. The van der Waals surface area contributed by atoms with Crippen molar-refractivity contribution in [2.45, 2.75) is 31.8 Å². The highest BCUT2D eigenvalue weighted by molar-refractivity contribution is 7.91. The maximum atomic E-state index is 12.3. The molecule has 0 saturated carbocycles. The summed E-state index contributed by atoms with van der Waals surface area (Å²) < 4.78 is 23.2. The number of hydrazone groups is 1. The summed E-state index contributed by atoms with van der Waals surface area (Å²) in [5.74, 6) is -0.676. The van der Waals surface area contributed by atoms with Gasteiger partial charge in [0.2, 0.25) is 5.91 Å². The highest BCUT2D eigenvalue weighted by Gasteiger charge is 2.37. The van der Waals surface area contributed by atoms with E-state index in [1.807, 2.05) is 12.1 Å². The van der Waals surface area contributed by atoms with Gasteiger partial charge in [-0.05, 0) is 18.1 Å². The van der Waals surface area contributed by atoms with Crippen LogP contribution in [0.2, 0.25) is 5.02 Å². The maximum Gasteiger partial charge on any atom is 0.267 e. The molecule has 1 unspecified atom stereocenters. The van der Waals surface area contributed by atoms with Crippen molar-refractivity contribution in [1.82, 2.24) is 10.3 Å². The fraction of sp³-hybridized carbons (Fsp3) is 0.438. The average Bonchev–Trinajstić information content (AvgIpc) is 2.94. The van der Waals surface area contributed by atoms with Crippen molar-refractivity contribution < 1.29 is 18.0 Å². The minimum absolute atomic E-state index is 0.0466. The number of nitrogens with zero attached hydrogens (tertiary/aromatic N) is 2. The van der Waals surface area contributed by atoms with Crippen molar-refractivity contribution in [2.24, 2.45) is 5.10 Å². The van der Waals surface area contributed by atoms with Gasteiger partial charge in [-0.1, -0.05) is 29.8 Å². The molecule has 25 heavy (non-hydrogen) atoms. The van der Waals surface area contributed by atoms with Crippen molar-refractivity contribution in [1.29, 1.82) is 0 Å². The molecule has 2 amide bonds. The molecule has 9 heteroatoms. The van der Waals surface area contributed by atoms with Gasteiger partial charge in [-0.3, -0.25) is 9.59 Å². The third-order valence-corrected chi connectivity index (χ3v) is 6.39. The van der Waals surface area contributed by atoms with Crippen molar-refractivity contribution in [3.05, 3.63) is 34.9 Å². The van der Waals surface area contributed by atoms with Gasteiger partial charge < -0.3 is 5.32 Å². The molecule has 0 aromatic heterocycles. The molecule has 1 atom stereocenters. The molecule has 1 aromatic carbocycles. The van der Waals surface area contributed by atoms with Crippen molar-refractivity contribution in [2.75, 3.05) is 11.5 Å². The number of carbonyl (C=O) groups is 2. The molecule has 0 radical (unpaired) electrons. The number of carbonyl (C=O) groups excluding carboxylic acids is 2. The van der Waals surface area contributed by atoms with Crippen LogP contribution in [0.25, 0.3) is 0 Å². The second-order valence-corrected chi connectivity index (χ2v) is 8.75. The standard InChI is InChI=1S/C16H18ClN3O4S/c17-13-4-2-1-3-11(13)9-18-16(22)14-5-6-15(21)20(19-14)12-7-8-25(23,24)10-12/h1-4,12H,5-10H2,(H,18,22). The molecule has 1 aromatic rings. The van der Waals surface area contributed by atoms with Crippen LogP contribution in [0, 0.1) is 0 Å². The maximum absolute atomic E-state index is 12.3. The van der Waals surface area contributed by atoms with E-state index in [4.69, 9.17) is 11.6 Å². The molecule has 7 nitrogen and oxygen atoms in total. The Morgan fingerprint density at radius 3 is 2.76 bits per heavy atom. The summed E-state index contributed by atoms with van der Waals surface area (Å²) in [5, 5.41) is 8.61. The topological polar surface area (TPSA) is 95.9 Å². The Morgan fingerprint density at radius 2 is 2.08 bits per heavy atom. The van der Waals surface area contributed by atoms with Gasteiger partial charge in [-0.25, -0.2) is 13.4 Å². The average molecular weight is 384 g/mol. The molecule has 2 aliphatic rings. The lowest BCUT2D eigenvalue weighted by Crippen LogP contribution is -2.43. The lowest BCUT2D eigenvalue weighted by Gasteiger charge is -2.27. The van der Waals surface area contributed by atoms with Crippen LogP contribution in [0.5, 0.6) is 0 Å². The third kappa shape index (κ3) is 4.19. The van der Waals surface area contributed by atoms with E-state index in [1.54, 1.807) is 12.1 Å². The molecule has 1 saturated heterocycles. The zero-order valence-corrected chi connectivity index (χ0v) is 15.0. The fourth-order valence-electron chi connectivity index (χ4n) is 2.91. The van der Waals surface area contributed by atoms with Gasteiger partial charge in [0, 0.05) is 24.4 Å². The van der Waals surface area contributed by atoms with Crippen LogP contribution in [0.3, 0.4) is 0 Å². The molecule has 3 rings (SSSR count). The second-order valence-electron chi connectivity index (χ2n) is 6.12. The minimum atomic E-state index is -3.14. The zero-order chi connectivity index (χ0) is 18.0. The fourth-order valence-corrected chi connectivity index (χ4v) is 4.80. The first-order chi connectivity index (χ1) is 11.9. The number of hydrogen-bond donors (Lipinski definition) is 1. The van der Waals surface area contributed by atoms with Crippen LogP contribution in [-0.4, -0.2) is 48.5 Å². The smallest absolute Gasteiger partial charge is 0.267 e. The van der Waals surface area contributed by atoms with Gasteiger partial charge in [0.1, 0.15) is 5.71 Å². The molecular weight excluding hydrogens is 366 g/mol. The van der Waals surface area contributed by atoms with Gasteiger partial charge in [-0.15, -0.1) is 0 Å². The molecule has 0 aliphatic carbocycles. The van der Waals surface area contributed by atoms with Crippen molar-refractivity contribution in [3.63, 3.8) is 0 Å². The first-order valence-corrected chi connectivity index (χ1v) is 10.2. The van der Waals surface area contributed by atoms with Gasteiger partial charge in [0.25, 0.3) is 5.91 Å². The van der Waals surface area contributed by atoms with E-state index in [9.17, 15) is 18.0 Å². The van der Waals surface area contributed by atoms with Crippen LogP contribution in [-0.2, 0) is 26.0 Å². The summed E-state index contributed by atoms with van der Waals surface area (Å²) in [6.45, 7) is 0.253. The van der Waals surface area contributed by atoms with E-state index in [1.165, 1.54) is 5.01 Å². The van der Waals surface area contributed by atoms with Crippen LogP contribution in [0.4, 0.5) is 0 Å². The normalized spacial score (nSPS) is 22.6. The molecule has 2 heterocycles. The molecule has 0 spiro atoms. The summed E-state index contributed by atoms with van der Waals surface area (Å²) in [4.78, 5) is 24.4. The molecule has 1 fully saturated rings. The van der Waals surface area contributed by atoms with E-state index in [-0.39, 0.29) is 48.4 Å². The van der Waals surface area contributed by atoms with Crippen LogP contribution in [0.15, 0.2) is 29.4 Å². The number of amides is 2. The monoisotopic (exact) mass is 383 g/mol. The van der Waals surface area contributed by atoms with E-state index in [2.05, 4.69) is 10.4 Å². The Kier molecular flexibility index (Phi) is 5.10. The Morgan fingerprint density at radius 1 is 1.32 bits per heavy atom. The van der Waals surface area contributed by atoms with E-state index < -0.39 is 15.9 Å². The lowest BCUT2D eigenvalue weighted by molar-refractivity contribution is -0.133. The predicted molar refractivity (Wildman–Crippen MR) is 93.9 cm³/mol. The van der Waals surface area contributed by atoms with E-state index in [0.717, 1.165) is 5.56 Å². The Balaban J connectivity index is 1.68. The predicted octanol–water partition coefficient (Wildman–Crippen LogP) is 1.12. The number of rotatable bonds is 4. The van der Waals surface area contributed by atoms with Crippen LogP contribution in [0.1, 0.15) is 24.8 Å². The second kappa shape index (κ2) is 7.13. The first kappa shape index (κ1) is 17.9. The third-order valence-electron chi connectivity index (χ3n) is 4.27. The molecular formula is C16H18ClN3O4S. The highest BCUT2D eigenvalue weighted by atomic mass is 35.5. The molecule has 0 bridgehead atoms. The van der Waals surface area contributed by atoms with Crippen molar-refractivity contribution in [3.8, 4) is 0 Å². The van der Waals surface area contributed by atoms with Gasteiger partial charge >= 0.3 is 0 Å². The largest absolute Gasteiger partial charge is 0.347 e. The lowest BCUT2D eigenvalue weighted by atomic mass is 10.1. The van der Waals surface area contributed by atoms with Gasteiger partial charge in [-0.2, -0.15) is 5.10 Å². The zero-order valence-electron chi connectivity index (χ0n) is 13.4. The van der Waals surface area contributed by atoms with Crippen LogP contribution >= 0.6 is 11.6 Å². The quantitative estimate of drug-likeness (QED) is 0.842.